The van der Waals surface area contributed by atoms with Gasteiger partial charge in [0.15, 0.2) is 6.73 Å². The SMILES string of the molecule is C=CCNCO[P+](=O)O. The normalized spacial score (nSPS) is 11.0. The first-order chi connectivity index (χ1) is 4.27. The van der Waals surface area contributed by atoms with Crippen molar-refractivity contribution in [1.82, 2.24) is 5.32 Å². The van der Waals surface area contributed by atoms with Crippen molar-refractivity contribution >= 4 is 8.25 Å². The van der Waals surface area contributed by atoms with Gasteiger partial charge in [-0.3, -0.25) is 5.32 Å². The van der Waals surface area contributed by atoms with Crippen LogP contribution in [-0.4, -0.2) is 18.2 Å². The molecule has 0 aliphatic rings. The summed E-state index contributed by atoms with van der Waals surface area (Å²) in [5, 5.41) is 2.68. The third-order valence-electron chi connectivity index (χ3n) is 0.566. The quantitative estimate of drug-likeness (QED) is 0.257. The Labute approximate surface area is 54.5 Å². The van der Waals surface area contributed by atoms with Gasteiger partial charge < -0.3 is 0 Å². The molecule has 0 aliphatic heterocycles. The lowest BCUT2D eigenvalue weighted by Crippen LogP contribution is -2.15. The van der Waals surface area contributed by atoms with Crippen LogP contribution in [-0.2, 0) is 9.09 Å². The first-order valence-electron chi connectivity index (χ1n) is 2.38. The zero-order valence-electron chi connectivity index (χ0n) is 4.91. The highest BCUT2D eigenvalue weighted by molar-refractivity contribution is 7.32. The summed E-state index contributed by atoms with van der Waals surface area (Å²) < 4.78 is 14.1. The highest BCUT2D eigenvalue weighted by Gasteiger charge is 2.08. The molecular formula is C4H9NO3P+. The van der Waals surface area contributed by atoms with E-state index in [-0.39, 0.29) is 6.73 Å². The van der Waals surface area contributed by atoms with E-state index in [0.29, 0.717) is 6.54 Å². The summed E-state index contributed by atoms with van der Waals surface area (Å²) >= 11 is 0. The van der Waals surface area contributed by atoms with Gasteiger partial charge in [-0.05, 0) is 0 Å². The van der Waals surface area contributed by atoms with Crippen molar-refractivity contribution in [1.29, 1.82) is 0 Å². The number of hydrogen-bond donors (Lipinski definition) is 2. The summed E-state index contributed by atoms with van der Waals surface area (Å²) in [7, 11) is -2.46. The second-order valence-electron chi connectivity index (χ2n) is 1.25. The highest BCUT2D eigenvalue weighted by Crippen LogP contribution is 2.11. The van der Waals surface area contributed by atoms with Gasteiger partial charge in [-0.15, -0.1) is 16.0 Å². The van der Waals surface area contributed by atoms with Crippen molar-refractivity contribution < 1.29 is 14.0 Å². The summed E-state index contributed by atoms with van der Waals surface area (Å²) in [5.74, 6) is 0. The van der Waals surface area contributed by atoms with Crippen LogP contribution in [0.1, 0.15) is 0 Å². The molecule has 0 amide bonds. The third kappa shape index (κ3) is 7.72. The molecule has 1 atom stereocenters. The number of nitrogens with one attached hydrogen (secondary N) is 1. The topological polar surface area (TPSA) is 58.6 Å². The summed E-state index contributed by atoms with van der Waals surface area (Å²) in [6.45, 7) is 4.08. The van der Waals surface area contributed by atoms with Crippen molar-refractivity contribution in [2.24, 2.45) is 0 Å². The van der Waals surface area contributed by atoms with E-state index in [1.807, 2.05) is 0 Å². The predicted octanol–water partition coefficient (Wildman–Crippen LogP) is 0.386. The maximum atomic E-state index is 9.82. The van der Waals surface area contributed by atoms with Crippen LogP contribution >= 0.6 is 8.25 Å². The van der Waals surface area contributed by atoms with Crippen LogP contribution in [0.25, 0.3) is 0 Å². The van der Waals surface area contributed by atoms with Crippen LogP contribution in [0.2, 0.25) is 0 Å². The molecule has 0 rings (SSSR count). The minimum absolute atomic E-state index is 0.0811. The van der Waals surface area contributed by atoms with Gasteiger partial charge in [0.25, 0.3) is 0 Å². The van der Waals surface area contributed by atoms with Crippen molar-refractivity contribution in [3.63, 3.8) is 0 Å². The van der Waals surface area contributed by atoms with Crippen LogP contribution in [0, 0.1) is 0 Å². The summed E-state index contributed by atoms with van der Waals surface area (Å²) in [6, 6.07) is 0. The van der Waals surface area contributed by atoms with E-state index < -0.39 is 8.25 Å². The van der Waals surface area contributed by atoms with E-state index in [1.165, 1.54) is 0 Å². The second kappa shape index (κ2) is 5.85. The molecule has 9 heavy (non-hydrogen) atoms. The fourth-order valence-electron chi connectivity index (χ4n) is 0.262. The van der Waals surface area contributed by atoms with Crippen molar-refractivity contribution in [2.75, 3.05) is 13.3 Å². The largest absolute Gasteiger partial charge is 0.696 e. The van der Waals surface area contributed by atoms with Gasteiger partial charge in [-0.25, -0.2) is 0 Å². The lowest BCUT2D eigenvalue weighted by atomic mass is 10.6. The molecule has 0 aliphatic carbocycles. The maximum Gasteiger partial charge on any atom is 0.696 e. The van der Waals surface area contributed by atoms with Gasteiger partial charge in [-0.1, -0.05) is 6.08 Å². The Hall–Kier alpha value is -0.280. The van der Waals surface area contributed by atoms with Crippen molar-refractivity contribution in [3.05, 3.63) is 12.7 Å². The Morgan fingerprint density at radius 1 is 1.89 bits per heavy atom. The minimum Gasteiger partial charge on any atom is -0.287 e. The Kier molecular flexibility index (Phi) is 5.67. The average molecular weight is 150 g/mol. The van der Waals surface area contributed by atoms with Gasteiger partial charge in [0, 0.05) is 11.1 Å². The molecule has 0 fully saturated rings. The van der Waals surface area contributed by atoms with E-state index in [9.17, 15) is 4.57 Å². The van der Waals surface area contributed by atoms with Crippen LogP contribution in [0.15, 0.2) is 12.7 Å². The zero-order chi connectivity index (χ0) is 7.11. The highest BCUT2D eigenvalue weighted by atomic mass is 31.1. The Morgan fingerprint density at radius 2 is 2.56 bits per heavy atom. The molecule has 5 heteroatoms. The van der Waals surface area contributed by atoms with E-state index in [1.54, 1.807) is 6.08 Å². The fourth-order valence-corrected chi connectivity index (χ4v) is 0.464. The third-order valence-corrected chi connectivity index (χ3v) is 0.916. The number of hydrogen-bond acceptors (Lipinski definition) is 3. The molecular weight excluding hydrogens is 141 g/mol. The Bertz CT molecular complexity index is 106. The van der Waals surface area contributed by atoms with Crippen molar-refractivity contribution in [3.8, 4) is 0 Å². The molecule has 2 N–H and O–H groups in total. The average Bonchev–Trinajstić information content (AvgIpc) is 1.80. The van der Waals surface area contributed by atoms with Crippen LogP contribution in [0.5, 0.6) is 0 Å². The number of rotatable bonds is 5. The van der Waals surface area contributed by atoms with Gasteiger partial charge in [0.2, 0.25) is 0 Å². The fraction of sp³-hybridized carbons (Fsp3) is 0.500. The molecule has 0 heterocycles. The zero-order valence-corrected chi connectivity index (χ0v) is 5.80. The molecule has 1 unspecified atom stereocenters. The summed E-state index contributed by atoms with van der Waals surface area (Å²) in [5.41, 5.74) is 0. The monoisotopic (exact) mass is 150 g/mol. The Balaban J connectivity index is 2.91. The van der Waals surface area contributed by atoms with Gasteiger partial charge in [0.05, 0.1) is 0 Å². The van der Waals surface area contributed by atoms with E-state index in [2.05, 4.69) is 16.4 Å². The van der Waals surface area contributed by atoms with E-state index >= 15 is 0 Å². The molecule has 0 aromatic heterocycles. The molecule has 0 aromatic carbocycles. The maximum absolute atomic E-state index is 9.82. The molecule has 0 bridgehead atoms. The molecule has 0 saturated carbocycles. The minimum atomic E-state index is -2.46. The van der Waals surface area contributed by atoms with Crippen molar-refractivity contribution in [2.45, 2.75) is 0 Å². The Morgan fingerprint density at radius 3 is 3.00 bits per heavy atom. The lowest BCUT2D eigenvalue weighted by Gasteiger charge is -1.89. The summed E-state index contributed by atoms with van der Waals surface area (Å²) in [4.78, 5) is 8.07. The van der Waals surface area contributed by atoms with Gasteiger partial charge in [0.1, 0.15) is 0 Å². The molecule has 4 nitrogen and oxygen atoms in total. The van der Waals surface area contributed by atoms with E-state index in [0.717, 1.165) is 0 Å². The first kappa shape index (κ1) is 8.72. The summed E-state index contributed by atoms with van der Waals surface area (Å²) in [6.07, 6.45) is 1.63. The standard InChI is InChI=1S/C4H8NO3P/c1-2-3-5-4-8-9(6)7/h2,5H,1,3-4H2/p+1. The van der Waals surface area contributed by atoms with Crippen LogP contribution in [0.3, 0.4) is 0 Å². The predicted molar refractivity (Wildman–Crippen MR) is 34.0 cm³/mol. The first-order valence-corrected chi connectivity index (χ1v) is 3.51. The lowest BCUT2D eigenvalue weighted by molar-refractivity contribution is 0.262. The van der Waals surface area contributed by atoms with Crippen LogP contribution in [0.4, 0.5) is 0 Å². The van der Waals surface area contributed by atoms with E-state index in [4.69, 9.17) is 4.89 Å². The molecule has 0 radical (unpaired) electrons. The van der Waals surface area contributed by atoms with Gasteiger partial charge in [-0.2, -0.15) is 0 Å². The smallest absolute Gasteiger partial charge is 0.287 e. The molecule has 52 valence electrons. The molecule has 0 aromatic rings. The van der Waals surface area contributed by atoms with Gasteiger partial charge >= 0.3 is 8.25 Å². The molecule has 0 spiro atoms. The van der Waals surface area contributed by atoms with Crippen LogP contribution < -0.4 is 5.32 Å². The molecule has 0 saturated heterocycles. The second-order valence-corrected chi connectivity index (χ2v) is 1.99.